The standard InChI is InChI=1S/C69H128O6/c1-4-7-10-13-16-19-22-24-26-28-30-32-33-34-35-37-38-40-42-44-47-50-53-56-59-62-68(71)74-65-66(64-73-67(70)61-58-55-52-49-46-21-18-15-12-9-6-3)75-69(72)63-60-57-54-51-48-45-43-41-39-36-31-29-27-25-23-20-17-14-11-8-5-2/h22,24,28,30,33-34,66H,4-21,23,25-27,29,31-32,35-65H2,1-3H3/b24-22-,30-28-,34-33-. The minimum Gasteiger partial charge on any atom is -0.462 e. The number of esters is 3. The Morgan fingerprint density at radius 1 is 0.267 bits per heavy atom. The molecule has 0 saturated heterocycles. The van der Waals surface area contributed by atoms with Gasteiger partial charge in [0.2, 0.25) is 0 Å². The van der Waals surface area contributed by atoms with Crippen LogP contribution in [0, 0.1) is 0 Å². The smallest absolute Gasteiger partial charge is 0.306 e. The summed E-state index contributed by atoms with van der Waals surface area (Å²) in [5.41, 5.74) is 0. The van der Waals surface area contributed by atoms with E-state index in [4.69, 9.17) is 14.2 Å². The van der Waals surface area contributed by atoms with Crippen LogP contribution in [0.15, 0.2) is 36.5 Å². The molecule has 0 heterocycles. The Hall–Kier alpha value is -2.37. The molecule has 0 rings (SSSR count). The molecule has 75 heavy (non-hydrogen) atoms. The number of allylic oxidation sites excluding steroid dienone is 6. The van der Waals surface area contributed by atoms with Crippen LogP contribution >= 0.6 is 0 Å². The number of carbonyl (C=O) groups is 3. The van der Waals surface area contributed by atoms with Gasteiger partial charge in [-0.15, -0.1) is 0 Å². The molecule has 0 aromatic heterocycles. The van der Waals surface area contributed by atoms with Crippen molar-refractivity contribution in [3.8, 4) is 0 Å². The van der Waals surface area contributed by atoms with Gasteiger partial charge in [0.05, 0.1) is 0 Å². The van der Waals surface area contributed by atoms with Gasteiger partial charge in [-0.05, 0) is 57.8 Å². The monoisotopic (exact) mass is 1050 g/mol. The quantitative estimate of drug-likeness (QED) is 0.0261. The van der Waals surface area contributed by atoms with Crippen LogP contribution in [0.25, 0.3) is 0 Å². The third kappa shape index (κ3) is 62.4. The Morgan fingerprint density at radius 2 is 0.480 bits per heavy atom. The summed E-state index contributed by atoms with van der Waals surface area (Å²) in [5.74, 6) is -0.846. The fraction of sp³-hybridized carbons (Fsp3) is 0.870. The van der Waals surface area contributed by atoms with Crippen LogP contribution in [-0.4, -0.2) is 37.2 Å². The first kappa shape index (κ1) is 72.6. The second-order valence-electron chi connectivity index (χ2n) is 22.7. The lowest BCUT2D eigenvalue weighted by Gasteiger charge is -2.18. The van der Waals surface area contributed by atoms with Gasteiger partial charge >= 0.3 is 17.9 Å². The van der Waals surface area contributed by atoms with Crippen LogP contribution in [0.5, 0.6) is 0 Å². The molecule has 6 heteroatoms. The number of hydrogen-bond acceptors (Lipinski definition) is 6. The van der Waals surface area contributed by atoms with E-state index in [0.717, 1.165) is 70.6 Å². The molecular weight excluding hydrogens is 925 g/mol. The second-order valence-corrected chi connectivity index (χ2v) is 22.7. The Balaban J connectivity index is 4.22. The largest absolute Gasteiger partial charge is 0.462 e. The summed E-state index contributed by atoms with van der Waals surface area (Å²) >= 11 is 0. The van der Waals surface area contributed by atoms with Crippen molar-refractivity contribution >= 4 is 17.9 Å². The molecule has 0 aliphatic heterocycles. The van der Waals surface area contributed by atoms with E-state index in [1.54, 1.807) is 0 Å². The lowest BCUT2D eigenvalue weighted by molar-refractivity contribution is -0.167. The van der Waals surface area contributed by atoms with Gasteiger partial charge in [0.25, 0.3) is 0 Å². The van der Waals surface area contributed by atoms with Crippen molar-refractivity contribution in [3.63, 3.8) is 0 Å². The molecule has 0 amide bonds. The molecule has 440 valence electrons. The Bertz CT molecular complexity index is 1250. The topological polar surface area (TPSA) is 78.9 Å². The van der Waals surface area contributed by atoms with Crippen molar-refractivity contribution in [2.45, 2.75) is 374 Å². The first-order valence-electron chi connectivity index (χ1n) is 33.5. The fourth-order valence-electron chi connectivity index (χ4n) is 10.1. The SMILES string of the molecule is CCCCCCC/C=C\C/C=C\C/C=C\CCCCCCCCCCCCC(=O)OCC(COC(=O)CCCCCCCCCCCCC)OC(=O)CCCCCCCCCCCCCCCCCCCCCCC. The van der Waals surface area contributed by atoms with Crippen LogP contribution in [0.4, 0.5) is 0 Å². The average Bonchev–Trinajstić information content (AvgIpc) is 3.41. The molecular formula is C69H128O6. The lowest BCUT2D eigenvalue weighted by atomic mass is 10.0. The summed E-state index contributed by atoms with van der Waals surface area (Å²) in [6.07, 6.45) is 78.8. The van der Waals surface area contributed by atoms with Crippen molar-refractivity contribution in [1.82, 2.24) is 0 Å². The van der Waals surface area contributed by atoms with Gasteiger partial charge in [0.15, 0.2) is 6.10 Å². The van der Waals surface area contributed by atoms with Crippen LogP contribution in [-0.2, 0) is 28.6 Å². The van der Waals surface area contributed by atoms with Gasteiger partial charge in [-0.1, -0.05) is 327 Å². The molecule has 0 bridgehead atoms. The predicted molar refractivity (Wildman–Crippen MR) is 326 cm³/mol. The highest BCUT2D eigenvalue weighted by Crippen LogP contribution is 2.18. The summed E-state index contributed by atoms with van der Waals surface area (Å²) in [6, 6.07) is 0. The minimum absolute atomic E-state index is 0.0676. The zero-order valence-corrected chi connectivity index (χ0v) is 50.6. The average molecular weight is 1050 g/mol. The molecule has 6 nitrogen and oxygen atoms in total. The van der Waals surface area contributed by atoms with E-state index in [2.05, 4.69) is 57.2 Å². The first-order chi connectivity index (χ1) is 37.0. The Kier molecular flexibility index (Phi) is 62.1. The van der Waals surface area contributed by atoms with E-state index in [-0.39, 0.29) is 31.1 Å². The van der Waals surface area contributed by atoms with E-state index in [1.165, 1.54) is 257 Å². The van der Waals surface area contributed by atoms with Gasteiger partial charge in [-0.25, -0.2) is 0 Å². The maximum atomic E-state index is 12.9. The van der Waals surface area contributed by atoms with E-state index >= 15 is 0 Å². The van der Waals surface area contributed by atoms with Crippen molar-refractivity contribution in [1.29, 1.82) is 0 Å². The minimum atomic E-state index is -0.770. The summed E-state index contributed by atoms with van der Waals surface area (Å²) in [7, 11) is 0. The molecule has 0 N–H and O–H groups in total. The van der Waals surface area contributed by atoms with Gasteiger partial charge in [0, 0.05) is 19.3 Å². The number of rotatable bonds is 62. The third-order valence-electron chi connectivity index (χ3n) is 15.1. The highest BCUT2D eigenvalue weighted by Gasteiger charge is 2.19. The summed E-state index contributed by atoms with van der Waals surface area (Å²) in [4.78, 5) is 38.3. The number of hydrogen-bond donors (Lipinski definition) is 0. The van der Waals surface area contributed by atoms with Crippen molar-refractivity contribution < 1.29 is 28.6 Å². The van der Waals surface area contributed by atoms with E-state index in [9.17, 15) is 14.4 Å². The number of ether oxygens (including phenoxy) is 3. The van der Waals surface area contributed by atoms with Crippen molar-refractivity contribution in [2.75, 3.05) is 13.2 Å². The van der Waals surface area contributed by atoms with Crippen molar-refractivity contribution in [3.05, 3.63) is 36.5 Å². The van der Waals surface area contributed by atoms with E-state index in [0.29, 0.717) is 19.3 Å². The summed E-state index contributed by atoms with van der Waals surface area (Å²) in [5, 5.41) is 0. The predicted octanol–water partition coefficient (Wildman–Crippen LogP) is 22.8. The zero-order chi connectivity index (χ0) is 54.3. The molecule has 0 spiro atoms. The molecule has 0 aromatic rings. The number of unbranched alkanes of at least 4 members (excludes halogenated alkanes) is 45. The zero-order valence-electron chi connectivity index (χ0n) is 50.6. The van der Waals surface area contributed by atoms with Crippen LogP contribution in [0.3, 0.4) is 0 Å². The number of carbonyl (C=O) groups excluding carboxylic acids is 3. The van der Waals surface area contributed by atoms with Gasteiger partial charge in [-0.3, -0.25) is 14.4 Å². The molecule has 0 radical (unpaired) electrons. The second kappa shape index (κ2) is 64.2. The molecule has 0 saturated carbocycles. The van der Waals surface area contributed by atoms with Gasteiger partial charge in [0.1, 0.15) is 13.2 Å². The Labute approximate surface area is 467 Å². The maximum Gasteiger partial charge on any atom is 0.306 e. The maximum absolute atomic E-state index is 12.9. The third-order valence-corrected chi connectivity index (χ3v) is 15.1. The molecule has 0 aromatic carbocycles. The highest BCUT2D eigenvalue weighted by molar-refractivity contribution is 5.71. The molecule has 0 fully saturated rings. The van der Waals surface area contributed by atoms with Gasteiger partial charge in [-0.2, -0.15) is 0 Å². The lowest BCUT2D eigenvalue weighted by Crippen LogP contribution is -2.30. The van der Waals surface area contributed by atoms with Crippen LogP contribution in [0.1, 0.15) is 367 Å². The normalized spacial score (nSPS) is 12.2. The highest BCUT2D eigenvalue weighted by atomic mass is 16.6. The van der Waals surface area contributed by atoms with E-state index < -0.39 is 6.10 Å². The van der Waals surface area contributed by atoms with Crippen LogP contribution < -0.4 is 0 Å². The first-order valence-corrected chi connectivity index (χ1v) is 33.5. The molecule has 1 atom stereocenters. The van der Waals surface area contributed by atoms with E-state index in [1.807, 2.05) is 0 Å². The summed E-state index contributed by atoms with van der Waals surface area (Å²) < 4.78 is 16.9. The van der Waals surface area contributed by atoms with Gasteiger partial charge < -0.3 is 14.2 Å². The molecule has 1 unspecified atom stereocenters. The van der Waals surface area contributed by atoms with Crippen molar-refractivity contribution in [2.24, 2.45) is 0 Å². The fourth-order valence-corrected chi connectivity index (χ4v) is 10.1. The summed E-state index contributed by atoms with van der Waals surface area (Å²) in [6.45, 7) is 6.68. The molecule has 0 aliphatic carbocycles. The molecule has 0 aliphatic rings. The van der Waals surface area contributed by atoms with Crippen LogP contribution in [0.2, 0.25) is 0 Å². The Morgan fingerprint density at radius 3 is 0.747 bits per heavy atom.